The van der Waals surface area contributed by atoms with Crippen LogP contribution in [0, 0.1) is 13.8 Å². The number of aryl methyl sites for hydroxylation is 2. The molecule has 6 nitrogen and oxygen atoms in total. The van der Waals surface area contributed by atoms with E-state index in [4.69, 9.17) is 18.0 Å². The summed E-state index contributed by atoms with van der Waals surface area (Å²) in [6.45, 7) is 3.85. The van der Waals surface area contributed by atoms with Crippen LogP contribution in [0.2, 0.25) is 0 Å². The number of hydrogen-bond donors (Lipinski definition) is 2. The van der Waals surface area contributed by atoms with Crippen LogP contribution in [0.15, 0.2) is 6.07 Å². The summed E-state index contributed by atoms with van der Waals surface area (Å²) in [5.41, 5.74) is 8.00. The third-order valence-corrected chi connectivity index (χ3v) is 3.02. The second kappa shape index (κ2) is 4.93. The van der Waals surface area contributed by atoms with Crippen molar-refractivity contribution in [3.05, 3.63) is 22.9 Å². The molecule has 0 aromatic carbocycles. The fourth-order valence-electron chi connectivity index (χ4n) is 2.14. The Balaban J connectivity index is 2.51. The van der Waals surface area contributed by atoms with Crippen molar-refractivity contribution in [2.45, 2.75) is 13.8 Å². The molecule has 2 amide bonds. The molecule has 1 fully saturated rings. The zero-order valence-corrected chi connectivity index (χ0v) is 11.5. The van der Waals surface area contributed by atoms with E-state index in [0.29, 0.717) is 11.4 Å². The highest BCUT2D eigenvalue weighted by Gasteiger charge is 2.26. The molecule has 3 N–H and O–H groups in total. The first-order chi connectivity index (χ1) is 8.88. The molecule has 100 valence electrons. The number of imide groups is 1. The van der Waals surface area contributed by atoms with Crippen molar-refractivity contribution in [2.75, 3.05) is 18.0 Å². The number of amides is 2. The molecule has 0 atom stereocenters. The van der Waals surface area contributed by atoms with E-state index in [9.17, 15) is 9.59 Å². The lowest BCUT2D eigenvalue weighted by Gasteiger charge is -2.28. The Morgan fingerprint density at radius 3 is 2.47 bits per heavy atom. The lowest BCUT2D eigenvalue weighted by atomic mass is 10.1. The van der Waals surface area contributed by atoms with E-state index >= 15 is 0 Å². The number of anilines is 1. The number of aromatic nitrogens is 1. The van der Waals surface area contributed by atoms with Gasteiger partial charge in [0, 0.05) is 5.69 Å². The van der Waals surface area contributed by atoms with E-state index < -0.39 is 0 Å². The summed E-state index contributed by atoms with van der Waals surface area (Å²) in [4.78, 5) is 29.1. The predicted molar refractivity (Wildman–Crippen MR) is 75.0 cm³/mol. The highest BCUT2D eigenvalue weighted by atomic mass is 32.1. The maximum atomic E-state index is 11.4. The highest BCUT2D eigenvalue weighted by Crippen LogP contribution is 2.23. The fourth-order valence-corrected chi connectivity index (χ4v) is 2.39. The van der Waals surface area contributed by atoms with Crippen LogP contribution in [0.3, 0.4) is 0 Å². The number of carbonyl (C=O) groups is 2. The zero-order valence-electron chi connectivity index (χ0n) is 10.7. The molecule has 2 rings (SSSR count). The van der Waals surface area contributed by atoms with Crippen LogP contribution in [-0.2, 0) is 9.59 Å². The van der Waals surface area contributed by atoms with Gasteiger partial charge in [-0.2, -0.15) is 0 Å². The minimum absolute atomic E-state index is 0.0667. The molecule has 0 radical (unpaired) electrons. The highest BCUT2D eigenvalue weighted by molar-refractivity contribution is 7.80. The Morgan fingerprint density at radius 2 is 1.95 bits per heavy atom. The van der Waals surface area contributed by atoms with Crippen molar-refractivity contribution in [1.82, 2.24) is 10.3 Å². The largest absolute Gasteiger partial charge is 0.389 e. The summed E-state index contributed by atoms with van der Waals surface area (Å²) in [5, 5.41) is 2.25. The van der Waals surface area contributed by atoms with Crippen LogP contribution in [-0.4, -0.2) is 34.9 Å². The quantitative estimate of drug-likeness (QED) is 0.575. The summed E-state index contributed by atoms with van der Waals surface area (Å²) in [5.74, 6) is -0.217. The summed E-state index contributed by atoms with van der Waals surface area (Å²) in [7, 11) is 0. The van der Waals surface area contributed by atoms with Gasteiger partial charge < -0.3 is 10.6 Å². The average molecular weight is 278 g/mol. The molecule has 2 heterocycles. The lowest BCUT2D eigenvalue weighted by molar-refractivity contribution is -0.130. The van der Waals surface area contributed by atoms with Gasteiger partial charge in [0.25, 0.3) is 0 Å². The fraction of sp³-hybridized carbons (Fsp3) is 0.333. The van der Waals surface area contributed by atoms with Gasteiger partial charge in [0.2, 0.25) is 11.8 Å². The molecule has 1 aromatic rings. The molecule has 0 spiro atoms. The number of piperazine rings is 1. The molecule has 0 unspecified atom stereocenters. The number of rotatable bonds is 2. The predicted octanol–water partition coefficient (Wildman–Crippen LogP) is -0.205. The van der Waals surface area contributed by atoms with E-state index in [0.717, 1.165) is 11.3 Å². The van der Waals surface area contributed by atoms with Crippen molar-refractivity contribution in [2.24, 2.45) is 5.73 Å². The molecule has 1 aliphatic rings. The first-order valence-corrected chi connectivity index (χ1v) is 6.15. The number of pyridine rings is 1. The lowest BCUT2D eigenvalue weighted by Crippen LogP contribution is -2.52. The second-order valence-corrected chi connectivity index (χ2v) is 4.91. The summed E-state index contributed by atoms with van der Waals surface area (Å²) in [6.07, 6.45) is 0. The number of nitrogens with two attached hydrogens (primary N) is 1. The van der Waals surface area contributed by atoms with Crippen molar-refractivity contribution in [3.8, 4) is 0 Å². The van der Waals surface area contributed by atoms with Gasteiger partial charge in [0.05, 0.1) is 18.7 Å². The van der Waals surface area contributed by atoms with Crippen molar-refractivity contribution in [1.29, 1.82) is 0 Å². The first kappa shape index (κ1) is 13.4. The Hall–Kier alpha value is -2.02. The van der Waals surface area contributed by atoms with Gasteiger partial charge in [-0.05, 0) is 25.5 Å². The molecule has 19 heavy (non-hydrogen) atoms. The number of hydrogen-bond acceptors (Lipinski definition) is 5. The first-order valence-electron chi connectivity index (χ1n) is 5.74. The average Bonchev–Trinajstić information content (AvgIpc) is 2.25. The van der Waals surface area contributed by atoms with E-state index in [2.05, 4.69) is 10.3 Å². The maximum absolute atomic E-state index is 11.4. The van der Waals surface area contributed by atoms with Crippen LogP contribution in [0.1, 0.15) is 16.8 Å². The topological polar surface area (TPSA) is 88.3 Å². The van der Waals surface area contributed by atoms with Crippen molar-refractivity contribution in [3.63, 3.8) is 0 Å². The van der Waals surface area contributed by atoms with Gasteiger partial charge in [-0.15, -0.1) is 0 Å². The van der Waals surface area contributed by atoms with Gasteiger partial charge in [0.15, 0.2) is 0 Å². The Bertz CT molecular complexity index is 569. The van der Waals surface area contributed by atoms with E-state index in [1.807, 2.05) is 19.9 Å². The van der Waals surface area contributed by atoms with Crippen molar-refractivity contribution >= 4 is 34.8 Å². The van der Waals surface area contributed by atoms with Gasteiger partial charge in [-0.3, -0.25) is 14.9 Å². The molecule has 0 saturated carbocycles. The van der Waals surface area contributed by atoms with E-state index in [-0.39, 0.29) is 29.9 Å². The standard InChI is InChI=1S/C12H14N4O2S/c1-6-3-7(2)14-12(10(6)11(13)19)16-4-8(17)15-9(18)5-16/h3H,4-5H2,1-2H3,(H2,13,19)(H,15,17,18). The summed E-state index contributed by atoms with van der Waals surface area (Å²) in [6, 6.07) is 1.86. The number of carbonyl (C=O) groups excluding carboxylic acids is 2. The monoisotopic (exact) mass is 278 g/mol. The van der Waals surface area contributed by atoms with Crippen molar-refractivity contribution < 1.29 is 9.59 Å². The van der Waals surface area contributed by atoms with E-state index in [1.54, 1.807) is 4.90 Å². The molecule has 0 bridgehead atoms. The maximum Gasteiger partial charge on any atom is 0.246 e. The van der Waals surface area contributed by atoms with Gasteiger partial charge in [-0.1, -0.05) is 12.2 Å². The molecule has 1 aliphatic heterocycles. The number of thiocarbonyl (C=S) groups is 1. The molecular formula is C12H14N4O2S. The van der Waals surface area contributed by atoms with E-state index in [1.165, 1.54) is 0 Å². The Kier molecular flexibility index (Phi) is 3.48. The van der Waals surface area contributed by atoms with Gasteiger partial charge >= 0.3 is 0 Å². The van der Waals surface area contributed by atoms with Crippen LogP contribution in [0.25, 0.3) is 0 Å². The normalized spacial score (nSPS) is 15.4. The third kappa shape index (κ3) is 2.70. The Labute approximate surface area is 116 Å². The minimum atomic E-state index is -0.355. The summed E-state index contributed by atoms with van der Waals surface area (Å²) < 4.78 is 0. The number of nitrogens with one attached hydrogen (secondary N) is 1. The molecule has 1 aromatic heterocycles. The zero-order chi connectivity index (χ0) is 14.2. The molecule has 0 aliphatic carbocycles. The van der Waals surface area contributed by atoms with Crippen LogP contribution >= 0.6 is 12.2 Å². The third-order valence-electron chi connectivity index (χ3n) is 2.82. The summed E-state index contributed by atoms with van der Waals surface area (Å²) >= 11 is 5.03. The minimum Gasteiger partial charge on any atom is -0.389 e. The molecule has 1 saturated heterocycles. The number of nitrogens with zero attached hydrogens (tertiary/aromatic N) is 2. The van der Waals surface area contributed by atoms with Crippen LogP contribution < -0.4 is 16.0 Å². The molecule has 7 heteroatoms. The van der Waals surface area contributed by atoms with Crippen LogP contribution in [0.4, 0.5) is 5.82 Å². The van der Waals surface area contributed by atoms with Gasteiger partial charge in [-0.25, -0.2) is 4.98 Å². The van der Waals surface area contributed by atoms with Crippen LogP contribution in [0.5, 0.6) is 0 Å². The second-order valence-electron chi connectivity index (χ2n) is 4.47. The smallest absolute Gasteiger partial charge is 0.246 e. The molecular weight excluding hydrogens is 264 g/mol. The Morgan fingerprint density at radius 1 is 1.37 bits per heavy atom. The van der Waals surface area contributed by atoms with Gasteiger partial charge in [0.1, 0.15) is 10.8 Å². The SMILES string of the molecule is Cc1cc(C)c(C(N)=S)c(N2CC(=O)NC(=O)C2)n1.